The third kappa shape index (κ3) is 3.73. The Morgan fingerprint density at radius 1 is 1.18 bits per heavy atom. The van der Waals surface area contributed by atoms with Crippen LogP contribution in [0.3, 0.4) is 0 Å². The molecule has 8 heteroatoms. The number of aromatic hydroxyl groups is 1. The van der Waals surface area contributed by atoms with Gasteiger partial charge in [0.1, 0.15) is 12.4 Å². The molecule has 2 amide bonds. The maximum Gasteiger partial charge on any atom is 0.283 e. The molecule has 2 aromatic carbocycles. The predicted molar refractivity (Wildman–Crippen MR) is 101 cm³/mol. The number of hydrogen-bond acceptors (Lipinski definition) is 4. The van der Waals surface area contributed by atoms with Gasteiger partial charge in [-0.15, -0.1) is 16.7 Å². The lowest BCUT2D eigenvalue weighted by molar-refractivity contribution is -0.117. The molecule has 0 radical (unpaired) electrons. The van der Waals surface area contributed by atoms with Gasteiger partial charge in [-0.2, -0.15) is 0 Å². The lowest BCUT2D eigenvalue weighted by Crippen LogP contribution is -2.29. The Kier molecular flexibility index (Phi) is 5.46. The molecule has 0 aliphatic heterocycles. The number of carbonyl (C=O) groups is 2. The maximum absolute atomic E-state index is 13.6. The van der Waals surface area contributed by atoms with E-state index >= 15 is 0 Å². The number of carbonyl (C=O) groups excluding carboxylic acids is 2. The third-order valence-corrected chi connectivity index (χ3v) is 3.95. The van der Waals surface area contributed by atoms with Crippen molar-refractivity contribution in [2.75, 3.05) is 6.54 Å². The van der Waals surface area contributed by atoms with Crippen LogP contribution in [0, 0.1) is 18.2 Å². The van der Waals surface area contributed by atoms with Crippen LogP contribution in [0.1, 0.15) is 10.4 Å². The van der Waals surface area contributed by atoms with Crippen LogP contribution >= 0.6 is 0 Å². The highest BCUT2D eigenvalue weighted by atomic mass is 19.1. The number of terminal acetylenes is 1. The molecule has 0 unspecified atom stereocenters. The minimum Gasteiger partial charge on any atom is -0.493 e. The number of para-hydroxylation sites is 1. The summed E-state index contributed by atoms with van der Waals surface area (Å²) in [6.07, 6.45) is 5.32. The molecule has 1 aromatic heterocycles. The molecule has 140 valence electrons. The number of aromatic nitrogens is 1. The second kappa shape index (κ2) is 8.14. The molecule has 0 aliphatic rings. The van der Waals surface area contributed by atoms with Crippen molar-refractivity contribution in [1.29, 1.82) is 0 Å². The van der Waals surface area contributed by atoms with Crippen molar-refractivity contribution in [2.24, 2.45) is 10.2 Å². The first-order chi connectivity index (χ1) is 13.5. The number of hydrogen-bond donors (Lipinski definition) is 2. The van der Waals surface area contributed by atoms with Gasteiger partial charge < -0.3 is 10.4 Å². The van der Waals surface area contributed by atoms with Crippen LogP contribution in [0.4, 0.5) is 10.1 Å². The second-order valence-corrected chi connectivity index (χ2v) is 5.74. The Morgan fingerprint density at radius 2 is 1.89 bits per heavy atom. The highest BCUT2D eigenvalue weighted by Crippen LogP contribution is 2.38. The van der Waals surface area contributed by atoms with E-state index in [9.17, 15) is 19.1 Å². The molecule has 7 nitrogen and oxygen atoms in total. The van der Waals surface area contributed by atoms with Gasteiger partial charge in [0.2, 0.25) is 5.88 Å². The molecule has 1 heterocycles. The molecule has 0 saturated carbocycles. The first-order valence-electron chi connectivity index (χ1n) is 8.24. The second-order valence-electron chi connectivity index (χ2n) is 5.74. The summed E-state index contributed by atoms with van der Waals surface area (Å²) in [5.41, 5.74) is 0.564. The van der Waals surface area contributed by atoms with Gasteiger partial charge in [0, 0.05) is 5.39 Å². The number of amides is 2. The lowest BCUT2D eigenvalue weighted by atomic mass is 10.2. The SMILES string of the molecule is C#CCn1c(O)c(N=NC(=O)CNC(=O)c2ccccc2F)c2ccccc21. The van der Waals surface area contributed by atoms with E-state index in [1.165, 1.54) is 22.8 Å². The van der Waals surface area contributed by atoms with Crippen molar-refractivity contribution in [1.82, 2.24) is 9.88 Å². The van der Waals surface area contributed by atoms with Crippen LogP contribution < -0.4 is 5.32 Å². The van der Waals surface area contributed by atoms with Crippen LogP contribution in [-0.2, 0) is 11.3 Å². The zero-order chi connectivity index (χ0) is 20.1. The van der Waals surface area contributed by atoms with Crippen molar-refractivity contribution >= 4 is 28.4 Å². The van der Waals surface area contributed by atoms with Gasteiger partial charge in [0.25, 0.3) is 11.8 Å². The summed E-state index contributed by atoms with van der Waals surface area (Å²) in [4.78, 5) is 23.8. The maximum atomic E-state index is 13.6. The number of fused-ring (bicyclic) bond motifs is 1. The van der Waals surface area contributed by atoms with E-state index in [-0.39, 0.29) is 23.7 Å². The van der Waals surface area contributed by atoms with Crippen molar-refractivity contribution in [3.63, 3.8) is 0 Å². The van der Waals surface area contributed by atoms with Crippen molar-refractivity contribution in [2.45, 2.75) is 6.54 Å². The summed E-state index contributed by atoms with van der Waals surface area (Å²) < 4.78 is 15.0. The van der Waals surface area contributed by atoms with E-state index in [4.69, 9.17) is 6.42 Å². The third-order valence-electron chi connectivity index (χ3n) is 3.95. The quantitative estimate of drug-likeness (QED) is 0.527. The van der Waals surface area contributed by atoms with E-state index in [1.54, 1.807) is 24.3 Å². The van der Waals surface area contributed by atoms with E-state index < -0.39 is 24.2 Å². The summed E-state index contributed by atoms with van der Waals surface area (Å²) in [6, 6.07) is 12.4. The Balaban J connectivity index is 1.75. The molecule has 0 fully saturated rings. The predicted octanol–water partition coefficient (Wildman–Crippen LogP) is 3.16. The van der Waals surface area contributed by atoms with Crippen LogP contribution in [0.5, 0.6) is 5.88 Å². The van der Waals surface area contributed by atoms with Gasteiger partial charge in [-0.1, -0.05) is 36.3 Å². The molecule has 0 bridgehead atoms. The fourth-order valence-electron chi connectivity index (χ4n) is 2.66. The molecule has 0 saturated heterocycles. The molecule has 28 heavy (non-hydrogen) atoms. The molecule has 3 aromatic rings. The zero-order valence-corrected chi connectivity index (χ0v) is 14.6. The van der Waals surface area contributed by atoms with Gasteiger partial charge in [0.15, 0.2) is 5.69 Å². The number of benzene rings is 2. The Morgan fingerprint density at radius 3 is 2.64 bits per heavy atom. The van der Waals surface area contributed by atoms with E-state index in [1.807, 2.05) is 0 Å². The number of nitrogens with one attached hydrogen (secondary N) is 1. The van der Waals surface area contributed by atoms with E-state index in [0.29, 0.717) is 10.9 Å². The smallest absolute Gasteiger partial charge is 0.283 e. The van der Waals surface area contributed by atoms with Crippen LogP contribution in [0.2, 0.25) is 0 Å². The molecule has 0 aliphatic carbocycles. The molecular formula is C20H15FN4O3. The standard InChI is InChI=1S/C20H15FN4O3/c1-2-11-25-16-10-6-4-8-14(16)18(20(25)28)24-23-17(26)12-22-19(27)13-7-3-5-9-15(13)21/h1,3-10,28H,11-12H2,(H,22,27). The Bertz CT molecular complexity index is 1130. The largest absolute Gasteiger partial charge is 0.493 e. The van der Waals surface area contributed by atoms with Gasteiger partial charge in [-0.05, 0) is 18.2 Å². The van der Waals surface area contributed by atoms with Gasteiger partial charge in [-0.25, -0.2) is 4.39 Å². The first kappa shape index (κ1) is 18.8. The van der Waals surface area contributed by atoms with Crippen molar-refractivity contribution < 1.29 is 19.1 Å². The van der Waals surface area contributed by atoms with E-state index in [2.05, 4.69) is 21.5 Å². The monoisotopic (exact) mass is 378 g/mol. The first-order valence-corrected chi connectivity index (χ1v) is 8.24. The van der Waals surface area contributed by atoms with Crippen molar-refractivity contribution in [3.05, 3.63) is 59.9 Å². The van der Waals surface area contributed by atoms with Gasteiger partial charge in [-0.3, -0.25) is 14.2 Å². The lowest BCUT2D eigenvalue weighted by Gasteiger charge is -2.03. The van der Waals surface area contributed by atoms with Crippen molar-refractivity contribution in [3.8, 4) is 18.2 Å². The topological polar surface area (TPSA) is 96.0 Å². The summed E-state index contributed by atoms with van der Waals surface area (Å²) in [5, 5.41) is 20.5. The summed E-state index contributed by atoms with van der Waals surface area (Å²) in [6.45, 7) is -0.352. The molecular weight excluding hydrogens is 363 g/mol. The van der Waals surface area contributed by atoms with Crippen LogP contribution in [0.25, 0.3) is 10.9 Å². The molecule has 0 atom stereocenters. The Labute approximate surface area is 159 Å². The summed E-state index contributed by atoms with van der Waals surface area (Å²) in [7, 11) is 0. The number of rotatable bonds is 5. The average molecular weight is 378 g/mol. The van der Waals surface area contributed by atoms with Gasteiger partial charge >= 0.3 is 0 Å². The highest BCUT2D eigenvalue weighted by Gasteiger charge is 2.16. The highest BCUT2D eigenvalue weighted by molar-refractivity contribution is 5.97. The fraction of sp³-hybridized carbons (Fsp3) is 0.100. The normalized spacial score (nSPS) is 10.9. The average Bonchev–Trinajstić information content (AvgIpc) is 2.96. The minimum absolute atomic E-state index is 0.0969. The summed E-state index contributed by atoms with van der Waals surface area (Å²) >= 11 is 0. The van der Waals surface area contributed by atoms with Crippen LogP contribution in [0.15, 0.2) is 58.8 Å². The molecule has 3 rings (SSSR count). The fourth-order valence-corrected chi connectivity index (χ4v) is 2.66. The molecule has 2 N–H and O–H groups in total. The molecule has 0 spiro atoms. The zero-order valence-electron chi connectivity index (χ0n) is 14.6. The van der Waals surface area contributed by atoms with E-state index in [0.717, 1.165) is 6.07 Å². The Hall–Kier alpha value is -3.99. The van der Waals surface area contributed by atoms with Crippen LogP contribution in [-0.4, -0.2) is 28.0 Å². The minimum atomic E-state index is -0.766. The number of nitrogens with zero attached hydrogens (tertiary/aromatic N) is 3. The van der Waals surface area contributed by atoms with Gasteiger partial charge in [0.05, 0.1) is 17.6 Å². The summed E-state index contributed by atoms with van der Waals surface area (Å²) in [5.74, 6) is 0.0164. The number of azo groups is 1. The number of halogens is 1.